The Labute approximate surface area is 126 Å². The standard InChI is InChI=1S/C17H24N2O2/c1-3-11-18-14(2)4-5-15-6-8-16(9-7-15)20-13-17-10-12-19-21-17/h6-10,12,14,18H,3-5,11,13H2,1-2H3. The van der Waals surface area contributed by atoms with E-state index >= 15 is 0 Å². The molecule has 0 bridgehead atoms. The van der Waals surface area contributed by atoms with Crippen LogP contribution in [0.25, 0.3) is 0 Å². The van der Waals surface area contributed by atoms with Gasteiger partial charge in [0.15, 0.2) is 5.76 Å². The lowest BCUT2D eigenvalue weighted by molar-refractivity contribution is 0.249. The largest absolute Gasteiger partial charge is 0.486 e. The van der Waals surface area contributed by atoms with Gasteiger partial charge in [-0.25, -0.2) is 0 Å². The predicted octanol–water partition coefficient (Wildman–Crippen LogP) is 3.57. The zero-order valence-electron chi connectivity index (χ0n) is 12.8. The third-order valence-corrected chi connectivity index (χ3v) is 3.40. The van der Waals surface area contributed by atoms with Crippen molar-refractivity contribution in [2.75, 3.05) is 6.54 Å². The lowest BCUT2D eigenvalue weighted by Crippen LogP contribution is -2.27. The fourth-order valence-corrected chi connectivity index (χ4v) is 2.10. The molecule has 0 aliphatic heterocycles. The monoisotopic (exact) mass is 288 g/mol. The maximum atomic E-state index is 5.64. The summed E-state index contributed by atoms with van der Waals surface area (Å²) in [7, 11) is 0. The Balaban J connectivity index is 1.73. The van der Waals surface area contributed by atoms with Gasteiger partial charge in [0.25, 0.3) is 0 Å². The van der Waals surface area contributed by atoms with E-state index in [4.69, 9.17) is 9.26 Å². The summed E-state index contributed by atoms with van der Waals surface area (Å²) in [5.74, 6) is 1.59. The maximum absolute atomic E-state index is 5.64. The molecule has 0 fully saturated rings. The summed E-state index contributed by atoms with van der Waals surface area (Å²) >= 11 is 0. The molecule has 4 nitrogen and oxygen atoms in total. The predicted molar refractivity (Wildman–Crippen MR) is 83.4 cm³/mol. The zero-order valence-corrected chi connectivity index (χ0v) is 12.8. The highest BCUT2D eigenvalue weighted by atomic mass is 16.5. The Morgan fingerprint density at radius 1 is 1.24 bits per heavy atom. The van der Waals surface area contributed by atoms with Crippen molar-refractivity contribution in [1.82, 2.24) is 10.5 Å². The second kappa shape index (κ2) is 8.47. The Kier molecular flexibility index (Phi) is 6.28. The molecule has 2 rings (SSSR count). The van der Waals surface area contributed by atoms with Crippen LogP contribution >= 0.6 is 0 Å². The molecule has 1 aromatic carbocycles. The SMILES string of the molecule is CCCNC(C)CCc1ccc(OCc2ccno2)cc1. The molecule has 1 aromatic heterocycles. The second-order valence-corrected chi connectivity index (χ2v) is 5.31. The number of aromatic nitrogens is 1. The van der Waals surface area contributed by atoms with E-state index in [2.05, 4.69) is 36.5 Å². The van der Waals surface area contributed by atoms with Gasteiger partial charge in [-0.05, 0) is 50.4 Å². The average Bonchev–Trinajstić information content (AvgIpc) is 3.03. The van der Waals surface area contributed by atoms with Crippen LogP contribution in [0.4, 0.5) is 0 Å². The summed E-state index contributed by atoms with van der Waals surface area (Å²) in [5.41, 5.74) is 1.34. The summed E-state index contributed by atoms with van der Waals surface area (Å²) in [6.07, 6.45) is 5.04. The van der Waals surface area contributed by atoms with E-state index in [9.17, 15) is 0 Å². The lowest BCUT2D eigenvalue weighted by Gasteiger charge is -2.13. The van der Waals surface area contributed by atoms with Crippen molar-refractivity contribution in [3.63, 3.8) is 0 Å². The quantitative estimate of drug-likeness (QED) is 0.766. The first-order chi connectivity index (χ1) is 10.3. The molecule has 0 aliphatic carbocycles. The average molecular weight is 288 g/mol. The van der Waals surface area contributed by atoms with Gasteiger partial charge < -0.3 is 14.6 Å². The van der Waals surface area contributed by atoms with Crippen LogP contribution < -0.4 is 10.1 Å². The van der Waals surface area contributed by atoms with Crippen molar-refractivity contribution in [3.8, 4) is 5.75 Å². The van der Waals surface area contributed by atoms with E-state index in [0.717, 1.165) is 30.9 Å². The maximum Gasteiger partial charge on any atom is 0.174 e. The Morgan fingerprint density at radius 2 is 2.05 bits per heavy atom. The fraction of sp³-hybridized carbons (Fsp3) is 0.471. The Morgan fingerprint density at radius 3 is 2.71 bits per heavy atom. The number of hydrogen-bond donors (Lipinski definition) is 1. The minimum Gasteiger partial charge on any atom is -0.486 e. The van der Waals surface area contributed by atoms with Crippen molar-refractivity contribution in [2.24, 2.45) is 0 Å². The van der Waals surface area contributed by atoms with Crippen LogP contribution in [-0.4, -0.2) is 17.7 Å². The minimum atomic E-state index is 0.414. The number of rotatable bonds is 9. The first-order valence-corrected chi connectivity index (χ1v) is 7.62. The van der Waals surface area contributed by atoms with Crippen molar-refractivity contribution >= 4 is 0 Å². The molecule has 2 aromatic rings. The molecule has 114 valence electrons. The van der Waals surface area contributed by atoms with Gasteiger partial charge in [0.2, 0.25) is 0 Å². The summed E-state index contributed by atoms with van der Waals surface area (Å²) < 4.78 is 10.6. The molecule has 21 heavy (non-hydrogen) atoms. The Hall–Kier alpha value is -1.81. The molecule has 0 amide bonds. The van der Waals surface area contributed by atoms with Gasteiger partial charge in [0.1, 0.15) is 12.4 Å². The fourth-order valence-electron chi connectivity index (χ4n) is 2.10. The summed E-state index contributed by atoms with van der Waals surface area (Å²) in [5, 5.41) is 7.16. The molecule has 0 saturated heterocycles. The van der Waals surface area contributed by atoms with Crippen molar-refractivity contribution in [3.05, 3.63) is 47.9 Å². The molecular formula is C17H24N2O2. The molecule has 1 atom stereocenters. The van der Waals surface area contributed by atoms with Gasteiger partial charge in [-0.3, -0.25) is 0 Å². The van der Waals surface area contributed by atoms with E-state index in [1.807, 2.05) is 12.1 Å². The normalized spacial score (nSPS) is 12.3. The van der Waals surface area contributed by atoms with Crippen molar-refractivity contribution < 1.29 is 9.26 Å². The number of nitrogens with one attached hydrogen (secondary N) is 1. The van der Waals surface area contributed by atoms with Crippen molar-refractivity contribution in [1.29, 1.82) is 0 Å². The highest BCUT2D eigenvalue weighted by Gasteiger charge is 2.03. The van der Waals surface area contributed by atoms with E-state index in [-0.39, 0.29) is 0 Å². The molecule has 0 saturated carbocycles. The van der Waals surface area contributed by atoms with Crippen LogP contribution in [-0.2, 0) is 13.0 Å². The number of hydrogen-bond acceptors (Lipinski definition) is 4. The van der Waals surface area contributed by atoms with E-state index < -0.39 is 0 Å². The van der Waals surface area contributed by atoms with Crippen LogP contribution in [0.2, 0.25) is 0 Å². The zero-order chi connectivity index (χ0) is 14.9. The van der Waals surface area contributed by atoms with Crippen LogP contribution in [0.15, 0.2) is 41.1 Å². The molecule has 0 spiro atoms. The third kappa shape index (κ3) is 5.60. The highest BCUT2D eigenvalue weighted by molar-refractivity contribution is 5.27. The van der Waals surface area contributed by atoms with Gasteiger partial charge in [-0.15, -0.1) is 0 Å². The number of aryl methyl sites for hydroxylation is 1. The number of nitrogens with zero attached hydrogens (tertiary/aromatic N) is 1. The Bertz CT molecular complexity index is 494. The van der Waals surface area contributed by atoms with Gasteiger partial charge in [-0.1, -0.05) is 24.2 Å². The molecular weight excluding hydrogens is 264 g/mol. The van der Waals surface area contributed by atoms with Crippen LogP contribution in [0.3, 0.4) is 0 Å². The molecule has 1 unspecified atom stereocenters. The smallest absolute Gasteiger partial charge is 0.174 e. The topological polar surface area (TPSA) is 47.3 Å². The summed E-state index contributed by atoms with van der Waals surface area (Å²) in [6, 6.07) is 10.6. The van der Waals surface area contributed by atoms with Gasteiger partial charge in [0, 0.05) is 12.1 Å². The molecule has 1 heterocycles. The van der Waals surface area contributed by atoms with Crippen LogP contribution in [0, 0.1) is 0 Å². The van der Waals surface area contributed by atoms with Crippen LogP contribution in [0.5, 0.6) is 5.75 Å². The van der Waals surface area contributed by atoms with Crippen LogP contribution in [0.1, 0.15) is 38.0 Å². The number of ether oxygens (including phenoxy) is 1. The van der Waals surface area contributed by atoms with Gasteiger partial charge in [0.05, 0.1) is 6.20 Å². The molecule has 4 heteroatoms. The lowest BCUT2D eigenvalue weighted by atomic mass is 10.1. The molecule has 1 N–H and O–H groups in total. The minimum absolute atomic E-state index is 0.414. The second-order valence-electron chi connectivity index (χ2n) is 5.31. The molecule has 0 aliphatic rings. The third-order valence-electron chi connectivity index (χ3n) is 3.40. The first-order valence-electron chi connectivity index (χ1n) is 7.62. The summed E-state index contributed by atoms with van der Waals surface area (Å²) in [4.78, 5) is 0. The summed E-state index contributed by atoms with van der Waals surface area (Å²) in [6.45, 7) is 5.94. The van der Waals surface area contributed by atoms with E-state index in [0.29, 0.717) is 12.6 Å². The van der Waals surface area contributed by atoms with Gasteiger partial charge in [-0.2, -0.15) is 0 Å². The van der Waals surface area contributed by atoms with E-state index in [1.165, 1.54) is 12.0 Å². The molecule has 0 radical (unpaired) electrons. The first kappa shape index (κ1) is 15.6. The van der Waals surface area contributed by atoms with Gasteiger partial charge >= 0.3 is 0 Å². The van der Waals surface area contributed by atoms with E-state index in [1.54, 1.807) is 12.3 Å². The number of benzene rings is 1. The van der Waals surface area contributed by atoms with Crippen molar-refractivity contribution in [2.45, 2.75) is 45.8 Å². The highest BCUT2D eigenvalue weighted by Crippen LogP contribution is 2.15.